The number of nitrogens with zero attached hydrogens (tertiary/aromatic N) is 3. The summed E-state index contributed by atoms with van der Waals surface area (Å²) in [5.41, 5.74) is 0.843. The summed E-state index contributed by atoms with van der Waals surface area (Å²) in [6, 6.07) is 9.74. The second kappa shape index (κ2) is 10.9. The van der Waals surface area contributed by atoms with Crippen LogP contribution in [0.3, 0.4) is 0 Å². The molecule has 0 aliphatic rings. The molecule has 0 saturated carbocycles. The number of benzene rings is 2. The van der Waals surface area contributed by atoms with E-state index in [0.29, 0.717) is 40.3 Å². The van der Waals surface area contributed by atoms with Crippen molar-refractivity contribution in [1.29, 1.82) is 0 Å². The lowest BCUT2D eigenvalue weighted by Crippen LogP contribution is -2.25. The number of carbonyl (C=O) groups is 1. The Hall–Kier alpha value is -3.27. The van der Waals surface area contributed by atoms with E-state index in [1.54, 1.807) is 34.9 Å². The number of ether oxygens (including phenoxy) is 3. The fraction of sp³-hybridized carbons (Fsp3) is 0.318. The fourth-order valence-electron chi connectivity index (χ4n) is 3.06. The first-order chi connectivity index (χ1) is 15.5. The topological polar surface area (TPSA) is 87.5 Å². The van der Waals surface area contributed by atoms with Crippen LogP contribution in [0.2, 0.25) is 0 Å². The van der Waals surface area contributed by atoms with Gasteiger partial charge in [-0.15, -0.1) is 10.2 Å². The average molecular weight is 461 g/mol. The Bertz CT molecular complexity index is 1060. The Balaban J connectivity index is 2.10. The smallest absolute Gasteiger partial charge is 0.230 e. The number of carbonyl (C=O) groups excluding carboxylic acids is 1. The first kappa shape index (κ1) is 23.4. The van der Waals surface area contributed by atoms with Crippen LogP contribution in [-0.4, -0.2) is 54.3 Å². The zero-order valence-electron chi connectivity index (χ0n) is 18.3. The number of para-hydroxylation sites is 1. The summed E-state index contributed by atoms with van der Waals surface area (Å²) < 4.78 is 32.6. The minimum atomic E-state index is -0.446. The fourth-order valence-corrected chi connectivity index (χ4v) is 3.83. The Labute approximate surface area is 190 Å². The lowest BCUT2D eigenvalue weighted by atomic mass is 10.1. The maximum absolute atomic E-state index is 14.8. The lowest BCUT2D eigenvalue weighted by molar-refractivity contribution is -0.118. The SMILES string of the molecule is CCCNC(=O)CSc1nnc(-c2cc(OC)c(OC)c(OC)c2)n1-c1ccccc1F. The van der Waals surface area contributed by atoms with Gasteiger partial charge in [-0.3, -0.25) is 9.36 Å². The van der Waals surface area contributed by atoms with Crippen LogP contribution >= 0.6 is 11.8 Å². The Morgan fingerprint density at radius 3 is 2.38 bits per heavy atom. The number of hydrogen-bond donors (Lipinski definition) is 1. The zero-order chi connectivity index (χ0) is 23.1. The third-order valence-electron chi connectivity index (χ3n) is 4.55. The van der Waals surface area contributed by atoms with E-state index in [-0.39, 0.29) is 17.3 Å². The Morgan fingerprint density at radius 1 is 1.09 bits per heavy atom. The molecule has 3 aromatic rings. The summed E-state index contributed by atoms with van der Waals surface area (Å²) in [6.07, 6.45) is 0.840. The minimum absolute atomic E-state index is 0.127. The maximum atomic E-state index is 14.8. The molecule has 0 aliphatic heterocycles. The Morgan fingerprint density at radius 2 is 1.78 bits per heavy atom. The molecule has 0 saturated heterocycles. The minimum Gasteiger partial charge on any atom is -0.493 e. The number of halogens is 1. The van der Waals surface area contributed by atoms with E-state index in [9.17, 15) is 9.18 Å². The number of aromatic nitrogens is 3. The van der Waals surface area contributed by atoms with Crippen LogP contribution in [0.4, 0.5) is 4.39 Å². The summed E-state index contributed by atoms with van der Waals surface area (Å²) >= 11 is 1.18. The van der Waals surface area contributed by atoms with Crippen molar-refractivity contribution in [3.05, 3.63) is 42.2 Å². The van der Waals surface area contributed by atoms with Crippen molar-refractivity contribution < 1.29 is 23.4 Å². The quantitative estimate of drug-likeness (QED) is 0.462. The number of amides is 1. The molecule has 32 heavy (non-hydrogen) atoms. The second-order valence-corrected chi connectivity index (χ2v) is 7.59. The molecule has 0 unspecified atom stereocenters. The van der Waals surface area contributed by atoms with E-state index in [1.807, 2.05) is 6.92 Å². The van der Waals surface area contributed by atoms with E-state index in [1.165, 1.54) is 39.2 Å². The summed E-state index contributed by atoms with van der Waals surface area (Å²) in [6.45, 7) is 2.57. The van der Waals surface area contributed by atoms with Gasteiger partial charge in [-0.2, -0.15) is 0 Å². The van der Waals surface area contributed by atoms with E-state index in [2.05, 4.69) is 15.5 Å². The summed E-state index contributed by atoms with van der Waals surface area (Å²) in [5, 5.41) is 11.7. The first-order valence-corrected chi connectivity index (χ1v) is 10.9. The summed E-state index contributed by atoms with van der Waals surface area (Å²) in [7, 11) is 4.54. The van der Waals surface area contributed by atoms with Gasteiger partial charge >= 0.3 is 0 Å². The van der Waals surface area contributed by atoms with Crippen LogP contribution in [0.5, 0.6) is 17.2 Å². The molecule has 0 radical (unpaired) electrons. The molecule has 10 heteroatoms. The van der Waals surface area contributed by atoms with E-state index in [4.69, 9.17) is 14.2 Å². The van der Waals surface area contributed by atoms with E-state index >= 15 is 0 Å². The predicted octanol–water partition coefficient (Wildman–Crippen LogP) is 3.72. The largest absolute Gasteiger partial charge is 0.493 e. The molecule has 1 heterocycles. The second-order valence-electron chi connectivity index (χ2n) is 6.65. The highest BCUT2D eigenvalue weighted by Crippen LogP contribution is 2.41. The lowest BCUT2D eigenvalue weighted by Gasteiger charge is -2.15. The molecule has 0 aliphatic carbocycles. The highest BCUT2D eigenvalue weighted by Gasteiger charge is 2.22. The van der Waals surface area contributed by atoms with Gasteiger partial charge in [0, 0.05) is 12.1 Å². The Kier molecular flexibility index (Phi) is 7.93. The predicted molar refractivity (Wildman–Crippen MR) is 120 cm³/mol. The normalized spacial score (nSPS) is 10.7. The number of nitrogens with one attached hydrogen (secondary N) is 1. The van der Waals surface area contributed by atoms with Gasteiger partial charge in [-0.25, -0.2) is 4.39 Å². The molecule has 170 valence electrons. The van der Waals surface area contributed by atoms with Crippen LogP contribution in [0, 0.1) is 5.82 Å². The molecule has 3 rings (SSSR count). The van der Waals surface area contributed by atoms with Gasteiger partial charge in [0.1, 0.15) is 5.82 Å². The van der Waals surface area contributed by atoms with Crippen LogP contribution in [0.15, 0.2) is 41.6 Å². The molecule has 0 fully saturated rings. The van der Waals surface area contributed by atoms with Crippen LogP contribution in [0.25, 0.3) is 17.1 Å². The molecule has 0 bridgehead atoms. The van der Waals surface area contributed by atoms with Crippen molar-refractivity contribution >= 4 is 17.7 Å². The monoisotopic (exact) mass is 460 g/mol. The number of rotatable bonds is 10. The molecule has 0 atom stereocenters. The molecular weight excluding hydrogens is 435 g/mol. The van der Waals surface area contributed by atoms with Crippen molar-refractivity contribution in [2.24, 2.45) is 0 Å². The van der Waals surface area contributed by atoms with Crippen LogP contribution in [0.1, 0.15) is 13.3 Å². The molecule has 1 N–H and O–H groups in total. The standard InChI is InChI=1S/C22H25FN4O4S/c1-5-10-24-19(28)13-32-22-26-25-21(27(22)16-9-7-6-8-15(16)23)14-11-17(29-2)20(31-4)18(12-14)30-3/h6-9,11-12H,5,10,13H2,1-4H3,(H,24,28). The van der Waals surface area contributed by atoms with E-state index < -0.39 is 5.82 Å². The molecule has 1 aromatic heterocycles. The summed E-state index contributed by atoms with van der Waals surface area (Å²) in [4.78, 5) is 12.1. The third kappa shape index (κ3) is 4.96. The van der Waals surface area contributed by atoms with Crippen molar-refractivity contribution in [3.63, 3.8) is 0 Å². The maximum Gasteiger partial charge on any atom is 0.230 e. The van der Waals surface area contributed by atoms with Crippen molar-refractivity contribution in [1.82, 2.24) is 20.1 Å². The first-order valence-electron chi connectivity index (χ1n) is 9.94. The average Bonchev–Trinajstić information content (AvgIpc) is 3.24. The number of thioether (sulfide) groups is 1. The molecule has 1 amide bonds. The number of methoxy groups -OCH3 is 3. The molecule has 2 aromatic carbocycles. The molecule has 8 nitrogen and oxygen atoms in total. The highest BCUT2D eigenvalue weighted by molar-refractivity contribution is 7.99. The van der Waals surface area contributed by atoms with Crippen molar-refractivity contribution in [3.8, 4) is 34.3 Å². The van der Waals surface area contributed by atoms with Crippen LogP contribution < -0.4 is 19.5 Å². The third-order valence-corrected chi connectivity index (χ3v) is 5.48. The van der Waals surface area contributed by atoms with Gasteiger partial charge < -0.3 is 19.5 Å². The van der Waals surface area contributed by atoms with Gasteiger partial charge in [0.05, 0.1) is 32.8 Å². The van der Waals surface area contributed by atoms with E-state index in [0.717, 1.165) is 6.42 Å². The zero-order valence-corrected chi connectivity index (χ0v) is 19.2. The van der Waals surface area contributed by atoms with Crippen molar-refractivity contribution in [2.75, 3.05) is 33.6 Å². The van der Waals surface area contributed by atoms with Gasteiger partial charge in [0.2, 0.25) is 11.7 Å². The highest BCUT2D eigenvalue weighted by atomic mass is 32.2. The molecule has 0 spiro atoms. The van der Waals surface area contributed by atoms with Gasteiger partial charge in [0.25, 0.3) is 0 Å². The number of hydrogen-bond acceptors (Lipinski definition) is 7. The molecular formula is C22H25FN4O4S. The van der Waals surface area contributed by atoms with Crippen molar-refractivity contribution in [2.45, 2.75) is 18.5 Å². The van der Waals surface area contributed by atoms with Gasteiger partial charge in [-0.1, -0.05) is 30.8 Å². The van der Waals surface area contributed by atoms with Crippen LogP contribution in [-0.2, 0) is 4.79 Å². The van der Waals surface area contributed by atoms with Gasteiger partial charge in [-0.05, 0) is 30.7 Å². The summed E-state index contributed by atoms with van der Waals surface area (Å²) in [5.74, 6) is 1.20. The van der Waals surface area contributed by atoms with Gasteiger partial charge in [0.15, 0.2) is 22.5 Å².